The number of hydrogen-bond donors (Lipinski definition) is 1. The van der Waals surface area contributed by atoms with E-state index >= 15 is 0 Å². The van der Waals surface area contributed by atoms with Crippen LogP contribution in [0.25, 0.3) is 0 Å². The number of hydrogen-bond acceptors (Lipinski definition) is 9. The molecule has 37 heavy (non-hydrogen) atoms. The highest BCUT2D eigenvalue weighted by Crippen LogP contribution is 2.46. The second kappa shape index (κ2) is 9.69. The second-order valence-corrected chi connectivity index (χ2v) is 11.4. The van der Waals surface area contributed by atoms with E-state index in [0.717, 1.165) is 23.4 Å². The predicted molar refractivity (Wildman–Crippen MR) is 133 cm³/mol. The van der Waals surface area contributed by atoms with Crippen molar-refractivity contribution in [3.05, 3.63) is 76.0 Å². The van der Waals surface area contributed by atoms with Gasteiger partial charge in [-0.2, -0.15) is 4.31 Å². The molecule has 2 heterocycles. The SMILES string of the molecule is CN1C(=CC(=O)COC(=O)C2CC(O)CN2S(=O)(=O)c2ccccc2[N+](=O)[O-])C(C)(C)c2ccccc21. The molecule has 2 aromatic carbocycles. The zero-order valence-corrected chi connectivity index (χ0v) is 21.3. The molecule has 1 fully saturated rings. The molecule has 2 aromatic rings. The van der Waals surface area contributed by atoms with E-state index in [1.165, 1.54) is 18.2 Å². The molecule has 0 saturated carbocycles. The Labute approximate surface area is 214 Å². The summed E-state index contributed by atoms with van der Waals surface area (Å²) < 4.78 is 32.3. The maximum atomic E-state index is 13.2. The third-order valence-electron chi connectivity index (χ3n) is 6.75. The smallest absolute Gasteiger partial charge is 0.325 e. The summed E-state index contributed by atoms with van der Waals surface area (Å²) >= 11 is 0. The van der Waals surface area contributed by atoms with Crippen molar-refractivity contribution in [3.63, 3.8) is 0 Å². The van der Waals surface area contributed by atoms with Crippen LogP contribution in [0.4, 0.5) is 11.4 Å². The Morgan fingerprint density at radius 2 is 1.84 bits per heavy atom. The highest BCUT2D eigenvalue weighted by Gasteiger charge is 2.46. The van der Waals surface area contributed by atoms with E-state index < -0.39 is 68.0 Å². The van der Waals surface area contributed by atoms with Gasteiger partial charge in [0, 0.05) is 49.0 Å². The monoisotopic (exact) mass is 529 g/mol. The van der Waals surface area contributed by atoms with Crippen molar-refractivity contribution in [2.24, 2.45) is 0 Å². The van der Waals surface area contributed by atoms with Crippen molar-refractivity contribution in [3.8, 4) is 0 Å². The Morgan fingerprint density at radius 1 is 1.19 bits per heavy atom. The molecular formula is C25H27N3O8S. The minimum atomic E-state index is -4.52. The number of fused-ring (bicyclic) bond motifs is 1. The minimum Gasteiger partial charge on any atom is -0.456 e. The fourth-order valence-corrected chi connectivity index (χ4v) is 6.69. The maximum absolute atomic E-state index is 13.2. The first-order chi connectivity index (χ1) is 17.4. The van der Waals surface area contributed by atoms with Crippen molar-refractivity contribution in [2.75, 3.05) is 25.1 Å². The van der Waals surface area contributed by atoms with Crippen LogP contribution in [0.1, 0.15) is 25.8 Å². The number of nitro benzene ring substituents is 1. The molecular weight excluding hydrogens is 502 g/mol. The highest BCUT2D eigenvalue weighted by molar-refractivity contribution is 7.89. The number of para-hydroxylation sites is 2. The summed E-state index contributed by atoms with van der Waals surface area (Å²) in [5, 5.41) is 21.5. The molecule has 12 heteroatoms. The van der Waals surface area contributed by atoms with Gasteiger partial charge in [0.1, 0.15) is 6.04 Å². The second-order valence-electron chi connectivity index (χ2n) is 9.51. The van der Waals surface area contributed by atoms with E-state index in [1.54, 1.807) is 0 Å². The maximum Gasteiger partial charge on any atom is 0.325 e. The van der Waals surface area contributed by atoms with Crippen LogP contribution in [0.2, 0.25) is 0 Å². The number of carbonyl (C=O) groups excluding carboxylic acids is 2. The van der Waals surface area contributed by atoms with Crippen LogP contribution < -0.4 is 4.90 Å². The van der Waals surface area contributed by atoms with Gasteiger partial charge in [-0.05, 0) is 17.7 Å². The number of carbonyl (C=O) groups is 2. The Balaban J connectivity index is 1.50. The lowest BCUT2D eigenvalue weighted by Crippen LogP contribution is -2.42. The number of anilines is 1. The Morgan fingerprint density at radius 3 is 2.51 bits per heavy atom. The first kappa shape index (κ1) is 26.5. The number of ether oxygens (including phenoxy) is 1. The van der Waals surface area contributed by atoms with Gasteiger partial charge in [0.25, 0.3) is 15.7 Å². The lowest BCUT2D eigenvalue weighted by molar-refractivity contribution is -0.387. The number of ketones is 1. The zero-order chi connectivity index (χ0) is 27.1. The molecule has 0 radical (unpaired) electrons. The molecule has 0 aromatic heterocycles. The molecule has 11 nitrogen and oxygen atoms in total. The van der Waals surface area contributed by atoms with Gasteiger partial charge in [-0.25, -0.2) is 8.42 Å². The number of esters is 1. The van der Waals surface area contributed by atoms with Gasteiger partial charge in [0.15, 0.2) is 17.3 Å². The third-order valence-corrected chi connectivity index (χ3v) is 8.67. The molecule has 0 aliphatic carbocycles. The molecule has 0 spiro atoms. The van der Waals surface area contributed by atoms with Gasteiger partial charge in [-0.1, -0.05) is 44.2 Å². The average Bonchev–Trinajstić information content (AvgIpc) is 3.35. The van der Waals surface area contributed by atoms with Crippen molar-refractivity contribution in [1.82, 2.24) is 4.31 Å². The van der Waals surface area contributed by atoms with E-state index in [9.17, 15) is 33.2 Å². The molecule has 1 N–H and O–H groups in total. The zero-order valence-electron chi connectivity index (χ0n) is 20.5. The van der Waals surface area contributed by atoms with Gasteiger partial charge in [0.05, 0.1) is 11.0 Å². The van der Waals surface area contributed by atoms with Crippen LogP contribution in [0.15, 0.2) is 65.2 Å². The van der Waals surface area contributed by atoms with Crippen LogP contribution in [0.3, 0.4) is 0 Å². The first-order valence-electron chi connectivity index (χ1n) is 11.5. The van der Waals surface area contributed by atoms with Gasteiger partial charge in [-0.3, -0.25) is 19.7 Å². The van der Waals surface area contributed by atoms with E-state index in [1.807, 2.05) is 50.1 Å². The van der Waals surface area contributed by atoms with Crippen molar-refractivity contribution in [1.29, 1.82) is 0 Å². The molecule has 196 valence electrons. The highest BCUT2D eigenvalue weighted by atomic mass is 32.2. The largest absolute Gasteiger partial charge is 0.456 e. The summed E-state index contributed by atoms with van der Waals surface area (Å²) in [6.45, 7) is 2.88. The number of likely N-dealkylation sites (N-methyl/N-ethyl adjacent to an activating group) is 1. The number of nitro groups is 1. The standard InChI is InChI=1S/C25H27N3O8S/c1-25(2)18-8-4-5-9-19(18)26(3)23(25)13-17(30)15-36-24(31)21-12-16(29)14-27(21)37(34,35)22-11-7-6-10-20(22)28(32)33/h4-11,13,16,21,29H,12,14-15H2,1-3H3. The summed E-state index contributed by atoms with van der Waals surface area (Å²) in [5.41, 5.74) is 1.60. The van der Waals surface area contributed by atoms with Crippen LogP contribution in [-0.4, -0.2) is 66.9 Å². The quantitative estimate of drug-likeness (QED) is 0.246. The molecule has 0 bridgehead atoms. The van der Waals surface area contributed by atoms with Crippen LogP contribution in [-0.2, 0) is 29.8 Å². The molecule has 1 saturated heterocycles. The number of aliphatic hydroxyl groups is 1. The van der Waals surface area contributed by atoms with E-state index in [-0.39, 0.29) is 6.42 Å². The number of rotatable bonds is 7. The first-order valence-corrected chi connectivity index (χ1v) is 13.0. The van der Waals surface area contributed by atoms with Gasteiger partial charge >= 0.3 is 5.97 Å². The Kier molecular flexibility index (Phi) is 6.93. The minimum absolute atomic E-state index is 0.265. The fraction of sp³-hybridized carbons (Fsp3) is 0.360. The van der Waals surface area contributed by atoms with E-state index in [2.05, 4.69) is 0 Å². The number of aliphatic hydroxyl groups excluding tert-OH is 1. The molecule has 2 unspecified atom stereocenters. The fourth-order valence-electron chi connectivity index (χ4n) is 4.91. The molecule has 2 aliphatic rings. The van der Waals surface area contributed by atoms with Gasteiger partial charge < -0.3 is 14.7 Å². The molecule has 2 aliphatic heterocycles. The number of β-amino-alcohol motifs (C(OH)–C–C–N with tert-alkyl or cyclic N) is 1. The summed E-state index contributed by atoms with van der Waals surface area (Å²) in [6.07, 6.45) is -0.0446. The number of allylic oxidation sites excluding steroid dienone is 1. The van der Waals surface area contributed by atoms with Crippen LogP contribution in [0, 0.1) is 10.1 Å². The normalized spacial score (nSPS) is 22.2. The van der Waals surface area contributed by atoms with Gasteiger partial charge in [-0.15, -0.1) is 0 Å². The third kappa shape index (κ3) is 4.75. The van der Waals surface area contributed by atoms with E-state index in [4.69, 9.17) is 4.74 Å². The number of sulfonamides is 1. The average molecular weight is 530 g/mol. The Hall–Kier alpha value is -3.61. The number of nitrogens with zero attached hydrogens (tertiary/aromatic N) is 3. The summed E-state index contributed by atoms with van der Waals surface area (Å²) in [4.78, 5) is 37.4. The van der Waals surface area contributed by atoms with Crippen molar-refractivity contribution < 1.29 is 32.8 Å². The summed E-state index contributed by atoms with van der Waals surface area (Å²) in [5.74, 6) is -1.52. The number of benzene rings is 2. The Bertz CT molecular complexity index is 1400. The summed E-state index contributed by atoms with van der Waals surface area (Å²) in [7, 11) is -2.69. The predicted octanol–water partition coefficient (Wildman–Crippen LogP) is 2.14. The van der Waals surface area contributed by atoms with Crippen LogP contribution in [0.5, 0.6) is 0 Å². The van der Waals surface area contributed by atoms with Crippen molar-refractivity contribution >= 4 is 33.2 Å². The van der Waals surface area contributed by atoms with E-state index in [0.29, 0.717) is 10.0 Å². The molecule has 4 rings (SSSR count). The topological polar surface area (TPSA) is 147 Å². The molecule has 0 amide bonds. The summed E-state index contributed by atoms with van der Waals surface area (Å²) in [6, 6.07) is 11.1. The lowest BCUT2D eigenvalue weighted by atomic mass is 9.83. The lowest BCUT2D eigenvalue weighted by Gasteiger charge is -2.24. The van der Waals surface area contributed by atoms with Crippen molar-refractivity contribution in [2.45, 2.75) is 42.7 Å². The van der Waals surface area contributed by atoms with Gasteiger partial charge in [0.2, 0.25) is 0 Å². The van der Waals surface area contributed by atoms with Crippen LogP contribution >= 0.6 is 0 Å². The molecule has 2 atom stereocenters.